The molecule has 0 saturated heterocycles. The maximum Gasteiger partial charge on any atom is 0.0257 e. The number of hydrogen-bond donors (Lipinski definition) is 0. The molecule has 0 aromatic heterocycles. The van der Waals surface area contributed by atoms with E-state index in [1.165, 1.54) is 0 Å². The van der Waals surface area contributed by atoms with E-state index in [9.17, 15) is 4.21 Å². The lowest BCUT2D eigenvalue weighted by Gasteiger charge is -1.99. The number of hydrogen-bond acceptors (Lipinski definition) is 1. The van der Waals surface area contributed by atoms with Crippen molar-refractivity contribution in [3.8, 4) is 0 Å². The molecule has 8 heavy (non-hydrogen) atoms. The molecule has 0 spiro atoms. The molecule has 1 nitrogen and oxygen atoms in total. The van der Waals surface area contributed by atoms with Crippen molar-refractivity contribution in [2.75, 3.05) is 11.5 Å². The first-order valence-corrected chi connectivity index (χ1v) is 4.50. The minimum atomic E-state index is -0.557. The maximum absolute atomic E-state index is 10.7. The molecule has 0 aromatic rings. The zero-order valence-corrected chi connectivity index (χ0v) is 6.62. The normalized spacial score (nSPS) is 14.5. The molecule has 0 aromatic carbocycles. The standard InChI is InChI=1S/C6H14OS/c1-4-8(7)5-6(2)3/h6H,4-5H2,1-3H3/t8-/m1/s1. The van der Waals surface area contributed by atoms with Gasteiger partial charge >= 0.3 is 0 Å². The lowest BCUT2D eigenvalue weighted by Crippen LogP contribution is -2.05. The fourth-order valence-corrected chi connectivity index (χ4v) is 1.47. The van der Waals surface area contributed by atoms with E-state index < -0.39 is 10.8 Å². The van der Waals surface area contributed by atoms with E-state index in [2.05, 4.69) is 13.8 Å². The lowest BCUT2D eigenvalue weighted by molar-refractivity contribution is 0.665. The molecule has 1 atom stereocenters. The van der Waals surface area contributed by atoms with Crippen LogP contribution in [0.25, 0.3) is 0 Å². The fourth-order valence-electron chi connectivity index (χ4n) is 0.490. The molecule has 2 heteroatoms. The van der Waals surface area contributed by atoms with Gasteiger partial charge in [-0.25, -0.2) is 0 Å². The van der Waals surface area contributed by atoms with Gasteiger partial charge in [-0.3, -0.25) is 4.21 Å². The molecule has 0 radical (unpaired) electrons. The molecule has 0 saturated carbocycles. The van der Waals surface area contributed by atoms with Crippen LogP contribution in [-0.2, 0) is 10.8 Å². The Bertz CT molecular complexity index is 78.6. The van der Waals surface area contributed by atoms with E-state index in [0.717, 1.165) is 11.5 Å². The summed E-state index contributed by atoms with van der Waals surface area (Å²) >= 11 is 0. The molecule has 0 heterocycles. The van der Waals surface area contributed by atoms with Gasteiger partial charge in [0.2, 0.25) is 0 Å². The van der Waals surface area contributed by atoms with Crippen molar-refractivity contribution in [1.29, 1.82) is 0 Å². The second kappa shape index (κ2) is 4.07. The molecule has 0 amide bonds. The first kappa shape index (κ1) is 8.15. The van der Waals surface area contributed by atoms with Gasteiger partial charge in [0.25, 0.3) is 0 Å². The Morgan fingerprint density at radius 2 is 2.00 bits per heavy atom. The van der Waals surface area contributed by atoms with Gasteiger partial charge < -0.3 is 0 Å². The Balaban J connectivity index is 3.25. The van der Waals surface area contributed by atoms with Gasteiger partial charge in [0.05, 0.1) is 0 Å². The summed E-state index contributed by atoms with van der Waals surface area (Å²) in [6.45, 7) is 6.14. The largest absolute Gasteiger partial charge is 0.260 e. The maximum atomic E-state index is 10.7. The summed E-state index contributed by atoms with van der Waals surface area (Å²) in [5, 5.41) is 0. The van der Waals surface area contributed by atoms with Gasteiger partial charge in [-0.15, -0.1) is 0 Å². The van der Waals surface area contributed by atoms with Crippen molar-refractivity contribution in [1.82, 2.24) is 0 Å². The molecule has 0 N–H and O–H groups in total. The van der Waals surface area contributed by atoms with E-state index in [-0.39, 0.29) is 0 Å². The third-order valence-electron chi connectivity index (χ3n) is 0.841. The SMILES string of the molecule is CC[S@@](=O)CC(C)C. The summed E-state index contributed by atoms with van der Waals surface area (Å²) in [6.07, 6.45) is 0. The first-order valence-electron chi connectivity index (χ1n) is 3.01. The lowest BCUT2D eigenvalue weighted by atomic mass is 10.3. The van der Waals surface area contributed by atoms with E-state index in [1.807, 2.05) is 6.92 Å². The van der Waals surface area contributed by atoms with Crippen LogP contribution in [0.5, 0.6) is 0 Å². The van der Waals surface area contributed by atoms with Crippen molar-refractivity contribution < 1.29 is 4.21 Å². The minimum Gasteiger partial charge on any atom is -0.260 e. The summed E-state index contributed by atoms with van der Waals surface area (Å²) in [4.78, 5) is 0. The summed E-state index contributed by atoms with van der Waals surface area (Å²) in [5.41, 5.74) is 0. The van der Waals surface area contributed by atoms with Crippen LogP contribution in [-0.4, -0.2) is 15.7 Å². The van der Waals surface area contributed by atoms with Crippen molar-refractivity contribution >= 4 is 10.8 Å². The average molecular weight is 134 g/mol. The zero-order chi connectivity index (χ0) is 6.57. The van der Waals surface area contributed by atoms with E-state index in [0.29, 0.717) is 5.92 Å². The molecule has 0 bridgehead atoms. The third kappa shape index (κ3) is 4.31. The molecular weight excluding hydrogens is 120 g/mol. The summed E-state index contributed by atoms with van der Waals surface area (Å²) in [7, 11) is -0.557. The average Bonchev–Trinajstić information content (AvgIpc) is 1.65. The molecule has 0 aliphatic rings. The molecule has 50 valence electrons. The highest BCUT2D eigenvalue weighted by Crippen LogP contribution is 1.94. The van der Waals surface area contributed by atoms with Gasteiger partial charge in [-0.05, 0) is 5.92 Å². The van der Waals surface area contributed by atoms with Gasteiger partial charge in [0.1, 0.15) is 0 Å². The Labute approximate surface area is 53.9 Å². The van der Waals surface area contributed by atoms with Crippen molar-refractivity contribution in [2.24, 2.45) is 5.92 Å². The van der Waals surface area contributed by atoms with Crippen molar-refractivity contribution in [3.63, 3.8) is 0 Å². The van der Waals surface area contributed by atoms with Crippen molar-refractivity contribution in [3.05, 3.63) is 0 Å². The van der Waals surface area contributed by atoms with Gasteiger partial charge in [0, 0.05) is 22.3 Å². The highest BCUT2D eigenvalue weighted by atomic mass is 32.2. The highest BCUT2D eigenvalue weighted by Gasteiger charge is 1.97. The summed E-state index contributed by atoms with van der Waals surface area (Å²) < 4.78 is 10.7. The Morgan fingerprint density at radius 1 is 1.50 bits per heavy atom. The van der Waals surface area contributed by atoms with Crippen LogP contribution in [0.1, 0.15) is 20.8 Å². The van der Waals surface area contributed by atoms with E-state index in [1.54, 1.807) is 0 Å². The first-order chi connectivity index (χ1) is 3.66. The van der Waals surface area contributed by atoms with Crippen LogP contribution in [0, 0.1) is 5.92 Å². The Kier molecular flexibility index (Phi) is 4.15. The van der Waals surface area contributed by atoms with E-state index in [4.69, 9.17) is 0 Å². The summed E-state index contributed by atoms with van der Waals surface area (Å²) in [6, 6.07) is 0. The highest BCUT2D eigenvalue weighted by molar-refractivity contribution is 7.84. The second-order valence-electron chi connectivity index (χ2n) is 2.29. The smallest absolute Gasteiger partial charge is 0.0257 e. The predicted molar refractivity (Wildman–Crippen MR) is 38.4 cm³/mol. The summed E-state index contributed by atoms with van der Waals surface area (Å²) in [5.74, 6) is 2.24. The molecule has 0 fully saturated rings. The van der Waals surface area contributed by atoms with Crippen LogP contribution >= 0.6 is 0 Å². The Hall–Kier alpha value is 0.150. The van der Waals surface area contributed by atoms with Gasteiger partial charge in [0.15, 0.2) is 0 Å². The minimum absolute atomic E-state index is 0.557. The quantitative estimate of drug-likeness (QED) is 0.570. The Morgan fingerprint density at radius 3 is 2.12 bits per heavy atom. The fraction of sp³-hybridized carbons (Fsp3) is 1.00. The van der Waals surface area contributed by atoms with Crippen LogP contribution in [0.2, 0.25) is 0 Å². The molecule has 0 aliphatic heterocycles. The zero-order valence-electron chi connectivity index (χ0n) is 5.81. The molecule has 0 rings (SSSR count). The van der Waals surface area contributed by atoms with Crippen LogP contribution < -0.4 is 0 Å². The predicted octanol–water partition coefficient (Wildman–Crippen LogP) is 1.41. The van der Waals surface area contributed by atoms with Crippen molar-refractivity contribution in [2.45, 2.75) is 20.8 Å². The molecule has 0 unspecified atom stereocenters. The number of rotatable bonds is 3. The van der Waals surface area contributed by atoms with Gasteiger partial charge in [-0.1, -0.05) is 20.8 Å². The van der Waals surface area contributed by atoms with E-state index >= 15 is 0 Å². The monoisotopic (exact) mass is 134 g/mol. The van der Waals surface area contributed by atoms with Crippen LogP contribution in [0.4, 0.5) is 0 Å². The topological polar surface area (TPSA) is 17.1 Å². The second-order valence-corrected chi connectivity index (χ2v) is 4.08. The van der Waals surface area contributed by atoms with Gasteiger partial charge in [-0.2, -0.15) is 0 Å². The molecular formula is C6H14OS. The van der Waals surface area contributed by atoms with Crippen LogP contribution in [0.3, 0.4) is 0 Å². The van der Waals surface area contributed by atoms with Crippen LogP contribution in [0.15, 0.2) is 0 Å². The third-order valence-corrected chi connectivity index (χ3v) is 2.52. The molecule has 0 aliphatic carbocycles.